The van der Waals surface area contributed by atoms with E-state index in [2.05, 4.69) is 31.4 Å². The Labute approximate surface area is 109 Å². The number of ether oxygens (including phenoxy) is 1. The third kappa shape index (κ3) is 4.65. The molecule has 4 heteroatoms. The van der Waals surface area contributed by atoms with Crippen molar-refractivity contribution in [2.75, 3.05) is 24.3 Å². The predicted octanol–water partition coefficient (Wildman–Crippen LogP) is 3.11. The van der Waals surface area contributed by atoms with Gasteiger partial charge >= 0.3 is 0 Å². The van der Waals surface area contributed by atoms with Crippen LogP contribution in [-0.4, -0.2) is 19.6 Å². The smallest absolute Gasteiger partial charge is 0.221 e. The highest BCUT2D eigenvalue weighted by atomic mass is 16.5. The highest BCUT2D eigenvalue weighted by Gasteiger charge is 2.11. The number of nitrogens with one attached hydrogen (secondary N) is 2. The van der Waals surface area contributed by atoms with Crippen molar-refractivity contribution in [3.05, 3.63) is 18.2 Å². The molecule has 1 aromatic rings. The maximum Gasteiger partial charge on any atom is 0.221 e. The fraction of sp³-hybridized carbons (Fsp3) is 0.500. The zero-order valence-corrected chi connectivity index (χ0v) is 11.8. The van der Waals surface area contributed by atoms with Crippen LogP contribution in [0.2, 0.25) is 0 Å². The van der Waals surface area contributed by atoms with E-state index in [0.717, 1.165) is 12.2 Å². The first-order valence-corrected chi connectivity index (χ1v) is 6.01. The molecule has 1 amide bonds. The molecule has 18 heavy (non-hydrogen) atoms. The van der Waals surface area contributed by atoms with Gasteiger partial charge in [-0.2, -0.15) is 0 Å². The van der Waals surface area contributed by atoms with Crippen molar-refractivity contribution >= 4 is 17.3 Å². The topological polar surface area (TPSA) is 50.4 Å². The van der Waals surface area contributed by atoms with Gasteiger partial charge in [0.2, 0.25) is 5.91 Å². The molecule has 0 fully saturated rings. The summed E-state index contributed by atoms with van der Waals surface area (Å²) in [5, 5.41) is 6.08. The number of anilines is 2. The Morgan fingerprint density at radius 3 is 2.50 bits per heavy atom. The number of rotatable bonds is 4. The number of methoxy groups -OCH3 is 1. The standard InChI is InChI=1S/C14H22N2O2/c1-10(17)16-12-7-6-11(8-13(12)18-5)15-9-14(2,3)4/h6-8,15H,9H2,1-5H3,(H,16,17). The first kappa shape index (κ1) is 14.4. The van der Waals surface area contributed by atoms with E-state index in [1.807, 2.05) is 18.2 Å². The Morgan fingerprint density at radius 2 is 2.00 bits per heavy atom. The summed E-state index contributed by atoms with van der Waals surface area (Å²) in [6.07, 6.45) is 0. The van der Waals surface area contributed by atoms with Gasteiger partial charge in [-0.25, -0.2) is 0 Å². The van der Waals surface area contributed by atoms with E-state index in [1.54, 1.807) is 7.11 Å². The number of benzene rings is 1. The van der Waals surface area contributed by atoms with Gasteiger partial charge in [-0.3, -0.25) is 4.79 Å². The largest absolute Gasteiger partial charge is 0.494 e. The molecule has 0 bridgehead atoms. The number of amides is 1. The van der Waals surface area contributed by atoms with Crippen LogP contribution in [0.5, 0.6) is 5.75 Å². The van der Waals surface area contributed by atoms with Gasteiger partial charge in [-0.15, -0.1) is 0 Å². The summed E-state index contributed by atoms with van der Waals surface area (Å²) in [6.45, 7) is 8.86. The van der Waals surface area contributed by atoms with Crippen molar-refractivity contribution in [2.45, 2.75) is 27.7 Å². The molecule has 0 spiro atoms. The molecule has 0 aliphatic heterocycles. The van der Waals surface area contributed by atoms with Crippen LogP contribution in [0.3, 0.4) is 0 Å². The van der Waals surface area contributed by atoms with Gasteiger partial charge in [0.15, 0.2) is 0 Å². The molecule has 0 heterocycles. The van der Waals surface area contributed by atoms with E-state index >= 15 is 0 Å². The Morgan fingerprint density at radius 1 is 1.33 bits per heavy atom. The molecule has 2 N–H and O–H groups in total. The summed E-state index contributed by atoms with van der Waals surface area (Å²) >= 11 is 0. The van der Waals surface area contributed by atoms with Crippen molar-refractivity contribution in [1.29, 1.82) is 0 Å². The van der Waals surface area contributed by atoms with E-state index in [0.29, 0.717) is 11.4 Å². The number of hydrogen-bond donors (Lipinski definition) is 2. The van der Waals surface area contributed by atoms with Crippen LogP contribution in [0, 0.1) is 5.41 Å². The summed E-state index contributed by atoms with van der Waals surface area (Å²) in [6, 6.07) is 5.65. The molecule has 0 aliphatic carbocycles. The predicted molar refractivity (Wildman–Crippen MR) is 75.2 cm³/mol. The second kappa shape index (κ2) is 5.76. The van der Waals surface area contributed by atoms with Crippen molar-refractivity contribution in [3.8, 4) is 5.75 Å². The SMILES string of the molecule is COc1cc(NCC(C)(C)C)ccc1NC(C)=O. The quantitative estimate of drug-likeness (QED) is 0.863. The molecule has 1 aromatic carbocycles. The molecule has 0 aliphatic rings. The Hall–Kier alpha value is -1.71. The highest BCUT2D eigenvalue weighted by Crippen LogP contribution is 2.28. The number of carbonyl (C=O) groups is 1. The van der Waals surface area contributed by atoms with Crippen LogP contribution in [-0.2, 0) is 4.79 Å². The summed E-state index contributed by atoms with van der Waals surface area (Å²) in [4.78, 5) is 11.0. The molecule has 1 rings (SSSR count). The summed E-state index contributed by atoms with van der Waals surface area (Å²) < 4.78 is 5.26. The van der Waals surface area contributed by atoms with E-state index in [9.17, 15) is 4.79 Å². The minimum Gasteiger partial charge on any atom is -0.494 e. The summed E-state index contributed by atoms with van der Waals surface area (Å²) in [7, 11) is 1.59. The lowest BCUT2D eigenvalue weighted by molar-refractivity contribution is -0.114. The molecular formula is C14H22N2O2. The first-order valence-electron chi connectivity index (χ1n) is 6.01. The minimum atomic E-state index is -0.108. The lowest BCUT2D eigenvalue weighted by atomic mass is 9.97. The molecule has 0 radical (unpaired) electrons. The second-order valence-corrected chi connectivity index (χ2v) is 5.51. The van der Waals surface area contributed by atoms with Crippen LogP contribution in [0.1, 0.15) is 27.7 Å². The normalized spacial score (nSPS) is 10.9. The Kier molecular flexibility index (Phi) is 4.59. The lowest BCUT2D eigenvalue weighted by Crippen LogP contribution is -2.19. The van der Waals surface area contributed by atoms with Crippen LogP contribution in [0.4, 0.5) is 11.4 Å². The van der Waals surface area contributed by atoms with Gasteiger partial charge in [-0.05, 0) is 17.5 Å². The number of carbonyl (C=O) groups excluding carboxylic acids is 1. The van der Waals surface area contributed by atoms with E-state index in [-0.39, 0.29) is 11.3 Å². The first-order chi connectivity index (χ1) is 8.31. The summed E-state index contributed by atoms with van der Waals surface area (Å²) in [5.74, 6) is 0.549. The zero-order valence-electron chi connectivity index (χ0n) is 11.8. The molecule has 4 nitrogen and oxygen atoms in total. The Bertz CT molecular complexity index is 422. The van der Waals surface area contributed by atoms with Gasteiger partial charge in [-0.1, -0.05) is 20.8 Å². The minimum absolute atomic E-state index is 0.108. The van der Waals surface area contributed by atoms with Gasteiger partial charge in [0.1, 0.15) is 5.75 Å². The van der Waals surface area contributed by atoms with Gasteiger partial charge in [0, 0.05) is 25.2 Å². The average molecular weight is 250 g/mol. The van der Waals surface area contributed by atoms with Crippen molar-refractivity contribution < 1.29 is 9.53 Å². The zero-order chi connectivity index (χ0) is 13.8. The third-order valence-corrected chi connectivity index (χ3v) is 2.34. The van der Waals surface area contributed by atoms with Crippen LogP contribution in [0.25, 0.3) is 0 Å². The van der Waals surface area contributed by atoms with Crippen LogP contribution in [0.15, 0.2) is 18.2 Å². The Balaban J connectivity index is 2.81. The average Bonchev–Trinajstić information content (AvgIpc) is 2.26. The number of hydrogen-bond acceptors (Lipinski definition) is 3. The molecule has 0 atom stereocenters. The third-order valence-electron chi connectivity index (χ3n) is 2.34. The maximum atomic E-state index is 11.0. The second-order valence-electron chi connectivity index (χ2n) is 5.51. The van der Waals surface area contributed by atoms with E-state index < -0.39 is 0 Å². The fourth-order valence-electron chi connectivity index (χ4n) is 1.46. The van der Waals surface area contributed by atoms with Crippen LogP contribution >= 0.6 is 0 Å². The van der Waals surface area contributed by atoms with Crippen molar-refractivity contribution in [1.82, 2.24) is 0 Å². The molecule has 100 valence electrons. The monoisotopic (exact) mass is 250 g/mol. The van der Waals surface area contributed by atoms with Crippen molar-refractivity contribution in [3.63, 3.8) is 0 Å². The van der Waals surface area contributed by atoms with Gasteiger partial charge < -0.3 is 15.4 Å². The maximum absolute atomic E-state index is 11.0. The summed E-state index contributed by atoms with van der Waals surface area (Å²) in [5.41, 5.74) is 1.88. The molecule has 0 aromatic heterocycles. The molecule has 0 unspecified atom stereocenters. The highest BCUT2D eigenvalue weighted by molar-refractivity contribution is 5.90. The van der Waals surface area contributed by atoms with Crippen molar-refractivity contribution in [2.24, 2.45) is 5.41 Å². The molecule has 0 saturated carbocycles. The van der Waals surface area contributed by atoms with E-state index in [1.165, 1.54) is 6.92 Å². The van der Waals surface area contributed by atoms with Crippen LogP contribution < -0.4 is 15.4 Å². The van der Waals surface area contributed by atoms with Gasteiger partial charge in [0.05, 0.1) is 12.8 Å². The van der Waals surface area contributed by atoms with E-state index in [4.69, 9.17) is 4.74 Å². The molecular weight excluding hydrogens is 228 g/mol. The lowest BCUT2D eigenvalue weighted by Gasteiger charge is -2.20. The fourth-order valence-corrected chi connectivity index (χ4v) is 1.46. The van der Waals surface area contributed by atoms with Gasteiger partial charge in [0.25, 0.3) is 0 Å². The molecule has 0 saturated heterocycles.